The van der Waals surface area contributed by atoms with E-state index in [1.54, 1.807) is 36.4 Å². The lowest BCUT2D eigenvalue weighted by atomic mass is 9.91. The number of hydrogen-bond donors (Lipinski definition) is 2. The van der Waals surface area contributed by atoms with Gasteiger partial charge in [0.05, 0.1) is 12.2 Å². The molecule has 2 heterocycles. The fourth-order valence-corrected chi connectivity index (χ4v) is 4.21. The minimum absolute atomic E-state index is 0.0238. The molecular formula is C18H14FN3O3S. The first-order valence-electron chi connectivity index (χ1n) is 7.84. The summed E-state index contributed by atoms with van der Waals surface area (Å²) in [4.78, 5) is 30.3. The van der Waals surface area contributed by atoms with Gasteiger partial charge in [-0.2, -0.15) is 4.99 Å². The molecule has 2 atom stereocenters. The van der Waals surface area contributed by atoms with E-state index >= 15 is 0 Å². The Morgan fingerprint density at radius 3 is 2.54 bits per heavy atom. The number of rotatable bonds is 3. The smallest absolute Gasteiger partial charge is 0.265 e. The van der Waals surface area contributed by atoms with Gasteiger partial charge in [-0.3, -0.25) is 9.59 Å². The van der Waals surface area contributed by atoms with Gasteiger partial charge in [-0.25, -0.2) is 4.39 Å². The quantitative estimate of drug-likeness (QED) is 0.853. The van der Waals surface area contributed by atoms with Gasteiger partial charge >= 0.3 is 0 Å². The number of para-hydroxylation sites is 1. The van der Waals surface area contributed by atoms with Gasteiger partial charge in [0, 0.05) is 5.56 Å². The zero-order chi connectivity index (χ0) is 18.5. The van der Waals surface area contributed by atoms with Crippen molar-refractivity contribution in [2.24, 2.45) is 10.7 Å². The summed E-state index contributed by atoms with van der Waals surface area (Å²) in [6.07, 6.45) is 0. The molecule has 0 spiro atoms. The number of carbonyl (C=O) groups is 2. The van der Waals surface area contributed by atoms with E-state index in [1.807, 2.05) is 0 Å². The molecule has 8 heteroatoms. The van der Waals surface area contributed by atoms with Crippen molar-refractivity contribution >= 4 is 34.4 Å². The van der Waals surface area contributed by atoms with Crippen molar-refractivity contribution in [2.45, 2.75) is 17.4 Å². The molecule has 2 amide bonds. The van der Waals surface area contributed by atoms with Crippen molar-refractivity contribution in [2.75, 3.05) is 4.90 Å². The van der Waals surface area contributed by atoms with Crippen LogP contribution in [0.15, 0.2) is 53.5 Å². The summed E-state index contributed by atoms with van der Waals surface area (Å²) in [6, 6.07) is 12.5. The molecule has 0 saturated carbocycles. The summed E-state index contributed by atoms with van der Waals surface area (Å²) in [5.41, 5.74) is 5.08. The first-order chi connectivity index (χ1) is 12.4. The highest BCUT2D eigenvalue weighted by atomic mass is 32.2. The highest BCUT2D eigenvalue weighted by molar-refractivity contribution is 8.15. The first-order valence-corrected chi connectivity index (χ1v) is 8.72. The number of benzene rings is 2. The number of carbonyl (C=O) groups excluding carboxylic acids is 2. The molecule has 0 saturated heterocycles. The molecule has 0 fully saturated rings. The van der Waals surface area contributed by atoms with Gasteiger partial charge in [0.1, 0.15) is 11.1 Å². The van der Waals surface area contributed by atoms with Crippen LogP contribution in [0.2, 0.25) is 0 Å². The lowest BCUT2D eigenvalue weighted by Crippen LogP contribution is -2.49. The molecule has 4 rings (SSSR count). The second-order valence-electron chi connectivity index (χ2n) is 6.09. The Labute approximate surface area is 152 Å². The van der Waals surface area contributed by atoms with Gasteiger partial charge in [0.25, 0.3) is 11.8 Å². The summed E-state index contributed by atoms with van der Waals surface area (Å²) in [7, 11) is 0. The Balaban J connectivity index is 1.75. The SMILES string of the molecule is NC1=NC(=O)[C@H]([C@]2(O)C(=O)N(Cc3ccc(F)cc3)c3ccccc32)S1. The number of nitrogens with two attached hydrogens (primary N) is 1. The Hall–Kier alpha value is -2.71. The largest absolute Gasteiger partial charge is 0.378 e. The number of aliphatic imine (C=N–C) groups is 1. The molecule has 2 aliphatic rings. The maximum absolute atomic E-state index is 13.1. The van der Waals surface area contributed by atoms with E-state index in [2.05, 4.69) is 4.99 Å². The van der Waals surface area contributed by atoms with E-state index < -0.39 is 22.7 Å². The molecule has 6 nitrogen and oxygen atoms in total. The average molecular weight is 371 g/mol. The van der Waals surface area contributed by atoms with Crippen molar-refractivity contribution in [1.82, 2.24) is 0 Å². The topological polar surface area (TPSA) is 96.0 Å². The number of amidine groups is 1. The standard InChI is InChI=1S/C18H14FN3O3S/c19-11-7-5-10(6-8-11)9-22-13-4-2-1-3-12(13)18(25,16(22)24)14-15(23)21-17(20)26-14/h1-8,14,25H,9H2,(H2,20,21,23)/t14-,18+/m1/s1. The fraction of sp³-hybridized carbons (Fsp3) is 0.167. The lowest BCUT2D eigenvalue weighted by molar-refractivity contribution is -0.140. The Morgan fingerprint density at radius 1 is 1.19 bits per heavy atom. The molecule has 2 aliphatic heterocycles. The van der Waals surface area contributed by atoms with Gasteiger partial charge in [0.15, 0.2) is 10.8 Å². The molecular weight excluding hydrogens is 357 g/mol. The van der Waals surface area contributed by atoms with E-state index in [0.717, 1.165) is 11.8 Å². The summed E-state index contributed by atoms with van der Waals surface area (Å²) in [6.45, 7) is 0.139. The van der Waals surface area contributed by atoms with Crippen molar-refractivity contribution < 1.29 is 19.1 Å². The van der Waals surface area contributed by atoms with Crippen LogP contribution in [0.3, 0.4) is 0 Å². The molecule has 2 aromatic carbocycles. The maximum atomic E-state index is 13.1. The van der Waals surface area contributed by atoms with Crippen LogP contribution in [0.5, 0.6) is 0 Å². The first kappa shape index (κ1) is 16.7. The van der Waals surface area contributed by atoms with Crippen LogP contribution in [-0.4, -0.2) is 27.3 Å². The van der Waals surface area contributed by atoms with Crippen molar-refractivity contribution in [3.63, 3.8) is 0 Å². The van der Waals surface area contributed by atoms with Crippen LogP contribution in [0, 0.1) is 5.82 Å². The molecule has 2 aromatic rings. The maximum Gasteiger partial charge on any atom is 0.265 e. The van der Waals surface area contributed by atoms with Gasteiger partial charge < -0.3 is 15.7 Å². The van der Waals surface area contributed by atoms with Crippen LogP contribution in [0.1, 0.15) is 11.1 Å². The van der Waals surface area contributed by atoms with Crippen LogP contribution in [0.25, 0.3) is 0 Å². The highest BCUT2D eigenvalue weighted by Crippen LogP contribution is 2.47. The van der Waals surface area contributed by atoms with Crippen LogP contribution < -0.4 is 10.6 Å². The summed E-state index contributed by atoms with van der Waals surface area (Å²) in [5.74, 6) is -1.64. The predicted octanol–water partition coefficient (Wildman–Crippen LogP) is 1.52. The molecule has 0 bridgehead atoms. The van der Waals surface area contributed by atoms with E-state index in [4.69, 9.17) is 5.73 Å². The summed E-state index contributed by atoms with van der Waals surface area (Å²) < 4.78 is 13.1. The van der Waals surface area contributed by atoms with Gasteiger partial charge in [-0.15, -0.1) is 0 Å². The molecule has 132 valence electrons. The average Bonchev–Trinajstić information content (AvgIpc) is 3.08. The Bertz CT molecular complexity index is 947. The van der Waals surface area contributed by atoms with E-state index in [9.17, 15) is 19.1 Å². The molecule has 3 N–H and O–H groups in total. The molecule has 26 heavy (non-hydrogen) atoms. The zero-order valence-corrected chi connectivity index (χ0v) is 14.2. The molecule has 0 unspecified atom stereocenters. The normalized spacial score (nSPS) is 24.8. The zero-order valence-electron chi connectivity index (χ0n) is 13.4. The minimum atomic E-state index is -2.05. The minimum Gasteiger partial charge on any atom is -0.378 e. The third kappa shape index (κ3) is 2.41. The van der Waals surface area contributed by atoms with Gasteiger partial charge in [0.2, 0.25) is 0 Å². The summed E-state index contributed by atoms with van der Waals surface area (Å²) >= 11 is 0.879. The second kappa shape index (κ2) is 5.93. The van der Waals surface area contributed by atoms with E-state index in [0.29, 0.717) is 16.8 Å². The number of halogens is 1. The number of aliphatic hydroxyl groups is 1. The Morgan fingerprint density at radius 2 is 1.88 bits per heavy atom. The monoisotopic (exact) mass is 371 g/mol. The lowest BCUT2D eigenvalue weighted by Gasteiger charge is -2.26. The number of amides is 2. The number of thioether (sulfide) groups is 1. The van der Waals surface area contributed by atoms with Crippen LogP contribution >= 0.6 is 11.8 Å². The second-order valence-corrected chi connectivity index (χ2v) is 7.21. The highest BCUT2D eigenvalue weighted by Gasteiger charge is 2.59. The van der Waals surface area contributed by atoms with Crippen molar-refractivity contribution in [1.29, 1.82) is 0 Å². The third-order valence-electron chi connectivity index (χ3n) is 4.49. The third-order valence-corrected chi connectivity index (χ3v) is 5.60. The summed E-state index contributed by atoms with van der Waals surface area (Å²) in [5, 5.41) is 10.2. The van der Waals surface area contributed by atoms with Crippen molar-refractivity contribution in [3.8, 4) is 0 Å². The van der Waals surface area contributed by atoms with Gasteiger partial charge in [-0.1, -0.05) is 42.1 Å². The molecule has 0 aromatic heterocycles. The molecule has 0 aliphatic carbocycles. The fourth-order valence-electron chi connectivity index (χ4n) is 3.27. The van der Waals surface area contributed by atoms with Crippen LogP contribution in [0.4, 0.5) is 10.1 Å². The number of nitrogens with zero attached hydrogens (tertiary/aromatic N) is 2. The van der Waals surface area contributed by atoms with Gasteiger partial charge in [-0.05, 0) is 23.8 Å². The number of fused-ring (bicyclic) bond motifs is 1. The number of hydrogen-bond acceptors (Lipinski definition) is 5. The Kier molecular flexibility index (Phi) is 3.82. The number of anilines is 1. The van der Waals surface area contributed by atoms with Crippen molar-refractivity contribution in [3.05, 3.63) is 65.5 Å². The van der Waals surface area contributed by atoms with Crippen LogP contribution in [-0.2, 0) is 21.7 Å². The molecule has 0 radical (unpaired) electrons. The van der Waals surface area contributed by atoms with E-state index in [1.165, 1.54) is 17.0 Å². The predicted molar refractivity (Wildman–Crippen MR) is 95.9 cm³/mol. The van der Waals surface area contributed by atoms with E-state index in [-0.39, 0.29) is 17.5 Å².